The quantitative estimate of drug-likeness (QED) is 0.828. The minimum absolute atomic E-state index is 0.145. The van der Waals surface area contributed by atoms with Gasteiger partial charge in [0.15, 0.2) is 0 Å². The Morgan fingerprint density at radius 1 is 1.40 bits per heavy atom. The molecule has 1 aromatic carbocycles. The number of thiazole rings is 1. The number of hydrogen-bond acceptors (Lipinski definition) is 4. The average Bonchev–Trinajstić information content (AvgIpc) is 3.02. The van der Waals surface area contributed by atoms with Crippen LogP contribution in [0.2, 0.25) is 0 Å². The number of aromatic nitrogens is 1. The zero-order chi connectivity index (χ0) is 17.6. The van der Waals surface area contributed by atoms with Crippen molar-refractivity contribution in [3.05, 3.63) is 40.9 Å². The van der Waals surface area contributed by atoms with Crippen molar-refractivity contribution < 1.29 is 4.79 Å². The van der Waals surface area contributed by atoms with Gasteiger partial charge in [-0.25, -0.2) is 4.98 Å². The molecular formula is C20H27N3OS. The molecule has 2 atom stereocenters. The van der Waals surface area contributed by atoms with E-state index in [4.69, 9.17) is 0 Å². The summed E-state index contributed by atoms with van der Waals surface area (Å²) in [6.07, 6.45) is 3.06. The van der Waals surface area contributed by atoms with Gasteiger partial charge in [-0.05, 0) is 44.7 Å². The first-order chi connectivity index (χ1) is 12.1. The molecule has 2 heterocycles. The summed E-state index contributed by atoms with van der Waals surface area (Å²) in [5.41, 5.74) is 2.14. The number of rotatable bonds is 6. The summed E-state index contributed by atoms with van der Waals surface area (Å²) in [4.78, 5) is 18.1. The fraction of sp³-hybridized carbons (Fsp3) is 0.500. The van der Waals surface area contributed by atoms with Crippen LogP contribution in [0, 0.1) is 18.8 Å². The first-order valence-electron chi connectivity index (χ1n) is 9.12. The van der Waals surface area contributed by atoms with Crippen molar-refractivity contribution in [2.45, 2.75) is 39.7 Å². The summed E-state index contributed by atoms with van der Waals surface area (Å²) in [5.74, 6) is 1.19. The molecule has 134 valence electrons. The van der Waals surface area contributed by atoms with Gasteiger partial charge in [0.25, 0.3) is 0 Å². The standard InChI is InChI=1S/C20H27N3OS/c1-14(17-9-6-10-21-12-17)11-19(24)22-13-18-15(2)23-20(25-18)16-7-4-3-5-8-16/h3-5,7-8,14,17,21H,6,9-13H2,1-2H3,(H,22,24). The molecule has 0 spiro atoms. The van der Waals surface area contributed by atoms with Crippen molar-refractivity contribution in [2.75, 3.05) is 13.1 Å². The Labute approximate surface area is 154 Å². The predicted octanol–water partition coefficient (Wildman–Crippen LogP) is 3.76. The molecule has 1 saturated heterocycles. The van der Waals surface area contributed by atoms with Crippen LogP contribution in [-0.4, -0.2) is 24.0 Å². The van der Waals surface area contributed by atoms with Gasteiger partial charge in [0.05, 0.1) is 12.2 Å². The molecule has 2 N–H and O–H groups in total. The fourth-order valence-corrected chi connectivity index (χ4v) is 4.38. The first kappa shape index (κ1) is 18.1. The third-order valence-corrected chi connectivity index (χ3v) is 6.21. The van der Waals surface area contributed by atoms with Gasteiger partial charge >= 0.3 is 0 Å². The van der Waals surface area contributed by atoms with E-state index in [1.165, 1.54) is 12.8 Å². The van der Waals surface area contributed by atoms with Crippen LogP contribution in [0.1, 0.15) is 36.8 Å². The third-order valence-electron chi connectivity index (χ3n) is 5.01. The van der Waals surface area contributed by atoms with Crippen LogP contribution in [0.3, 0.4) is 0 Å². The number of benzene rings is 1. The first-order valence-corrected chi connectivity index (χ1v) is 9.94. The maximum Gasteiger partial charge on any atom is 0.220 e. The summed E-state index contributed by atoms with van der Waals surface area (Å²) in [6, 6.07) is 10.2. The van der Waals surface area contributed by atoms with E-state index in [-0.39, 0.29) is 5.91 Å². The van der Waals surface area contributed by atoms with Crippen molar-refractivity contribution in [1.29, 1.82) is 0 Å². The third kappa shape index (κ3) is 4.89. The van der Waals surface area contributed by atoms with Crippen molar-refractivity contribution >= 4 is 17.2 Å². The second-order valence-electron chi connectivity index (χ2n) is 6.96. The number of hydrogen-bond donors (Lipinski definition) is 2. The summed E-state index contributed by atoms with van der Waals surface area (Å²) in [7, 11) is 0. The van der Waals surface area contributed by atoms with Crippen LogP contribution in [0.5, 0.6) is 0 Å². The van der Waals surface area contributed by atoms with Gasteiger partial charge in [0.2, 0.25) is 5.91 Å². The molecular weight excluding hydrogens is 330 g/mol. The number of carbonyl (C=O) groups excluding carboxylic acids is 1. The van der Waals surface area contributed by atoms with Gasteiger partial charge in [0, 0.05) is 16.9 Å². The van der Waals surface area contributed by atoms with Crippen LogP contribution >= 0.6 is 11.3 Å². The molecule has 5 heteroatoms. The van der Waals surface area contributed by atoms with Crippen LogP contribution in [0.4, 0.5) is 0 Å². The van der Waals surface area contributed by atoms with Gasteiger partial charge < -0.3 is 10.6 Å². The van der Waals surface area contributed by atoms with Gasteiger partial charge in [-0.3, -0.25) is 4.79 Å². The highest BCUT2D eigenvalue weighted by Crippen LogP contribution is 2.28. The smallest absolute Gasteiger partial charge is 0.220 e. The van der Waals surface area contributed by atoms with Crippen molar-refractivity contribution in [3.8, 4) is 10.6 Å². The number of nitrogens with one attached hydrogen (secondary N) is 2. The minimum atomic E-state index is 0.145. The molecule has 2 unspecified atom stereocenters. The molecule has 1 fully saturated rings. The highest BCUT2D eigenvalue weighted by atomic mass is 32.1. The average molecular weight is 358 g/mol. The Hall–Kier alpha value is -1.72. The lowest BCUT2D eigenvalue weighted by atomic mass is 9.85. The lowest BCUT2D eigenvalue weighted by Crippen LogP contribution is -2.35. The lowest BCUT2D eigenvalue weighted by Gasteiger charge is -2.28. The molecule has 0 radical (unpaired) electrons. The molecule has 4 nitrogen and oxygen atoms in total. The van der Waals surface area contributed by atoms with E-state index in [2.05, 4.69) is 34.7 Å². The summed E-state index contributed by atoms with van der Waals surface area (Å²) < 4.78 is 0. The number of piperidine rings is 1. The SMILES string of the molecule is Cc1nc(-c2ccccc2)sc1CNC(=O)CC(C)C1CCCNC1. The maximum atomic E-state index is 12.3. The second-order valence-corrected chi connectivity index (χ2v) is 8.04. The number of amides is 1. The normalized spacial score (nSPS) is 18.7. The molecule has 25 heavy (non-hydrogen) atoms. The predicted molar refractivity (Wildman–Crippen MR) is 104 cm³/mol. The number of aryl methyl sites for hydroxylation is 1. The van der Waals surface area contributed by atoms with Crippen LogP contribution in [-0.2, 0) is 11.3 Å². The van der Waals surface area contributed by atoms with Gasteiger partial charge in [-0.1, -0.05) is 37.3 Å². The topological polar surface area (TPSA) is 54.0 Å². The Balaban J connectivity index is 1.53. The second kappa shape index (κ2) is 8.59. The molecule has 1 aliphatic heterocycles. The van der Waals surface area contributed by atoms with Crippen LogP contribution in [0.25, 0.3) is 10.6 Å². The Morgan fingerprint density at radius 2 is 2.20 bits per heavy atom. The zero-order valence-electron chi connectivity index (χ0n) is 15.0. The van der Waals surface area contributed by atoms with Gasteiger partial charge in [0.1, 0.15) is 5.01 Å². The number of carbonyl (C=O) groups is 1. The van der Waals surface area contributed by atoms with Gasteiger partial charge in [-0.2, -0.15) is 0 Å². The Bertz CT molecular complexity index is 692. The van der Waals surface area contributed by atoms with Crippen LogP contribution in [0.15, 0.2) is 30.3 Å². The van der Waals surface area contributed by atoms with E-state index < -0.39 is 0 Å². The van der Waals surface area contributed by atoms with E-state index >= 15 is 0 Å². The maximum absolute atomic E-state index is 12.3. The van der Waals surface area contributed by atoms with E-state index in [9.17, 15) is 4.79 Å². The molecule has 1 aromatic heterocycles. The Morgan fingerprint density at radius 3 is 2.92 bits per heavy atom. The van der Waals surface area contributed by atoms with E-state index in [0.29, 0.717) is 24.8 Å². The van der Waals surface area contributed by atoms with E-state index in [0.717, 1.165) is 34.2 Å². The summed E-state index contributed by atoms with van der Waals surface area (Å²) in [5, 5.41) is 7.54. The monoisotopic (exact) mass is 357 g/mol. The molecule has 0 aliphatic carbocycles. The molecule has 0 bridgehead atoms. The molecule has 3 rings (SSSR count). The van der Waals surface area contributed by atoms with E-state index in [1.807, 2.05) is 25.1 Å². The highest BCUT2D eigenvalue weighted by Gasteiger charge is 2.22. The summed E-state index contributed by atoms with van der Waals surface area (Å²) >= 11 is 1.67. The van der Waals surface area contributed by atoms with Gasteiger partial charge in [-0.15, -0.1) is 11.3 Å². The van der Waals surface area contributed by atoms with Crippen molar-refractivity contribution in [2.24, 2.45) is 11.8 Å². The fourth-order valence-electron chi connectivity index (χ4n) is 3.37. The van der Waals surface area contributed by atoms with Crippen molar-refractivity contribution in [1.82, 2.24) is 15.6 Å². The number of nitrogens with zero attached hydrogens (tertiary/aromatic N) is 1. The van der Waals surface area contributed by atoms with E-state index in [1.54, 1.807) is 11.3 Å². The van der Waals surface area contributed by atoms with Crippen molar-refractivity contribution in [3.63, 3.8) is 0 Å². The molecule has 1 amide bonds. The highest BCUT2D eigenvalue weighted by molar-refractivity contribution is 7.15. The molecule has 2 aromatic rings. The minimum Gasteiger partial charge on any atom is -0.351 e. The zero-order valence-corrected chi connectivity index (χ0v) is 15.9. The van der Waals surface area contributed by atoms with Crippen LogP contribution < -0.4 is 10.6 Å². The molecule has 0 saturated carbocycles. The Kier molecular flexibility index (Phi) is 6.21. The molecule has 1 aliphatic rings. The summed E-state index contributed by atoms with van der Waals surface area (Å²) in [6.45, 7) is 6.95. The largest absolute Gasteiger partial charge is 0.351 e. The lowest BCUT2D eigenvalue weighted by molar-refractivity contribution is -0.122.